The summed E-state index contributed by atoms with van der Waals surface area (Å²) in [4.78, 5) is 34.4. The number of rotatable bonds is 4. The van der Waals surface area contributed by atoms with Gasteiger partial charge in [0.2, 0.25) is 5.91 Å². The van der Waals surface area contributed by atoms with Gasteiger partial charge in [0.25, 0.3) is 5.56 Å². The Morgan fingerprint density at radius 1 is 1.18 bits per heavy atom. The van der Waals surface area contributed by atoms with E-state index in [1.807, 2.05) is 47.4 Å². The lowest BCUT2D eigenvalue weighted by molar-refractivity contribution is -0.131. The van der Waals surface area contributed by atoms with Crippen LogP contribution in [0.4, 0.5) is 0 Å². The molecule has 0 saturated carbocycles. The molecule has 6 nitrogen and oxygen atoms in total. The number of fused-ring (bicyclic) bond motifs is 1. The van der Waals surface area contributed by atoms with Gasteiger partial charge in [0.1, 0.15) is 11.6 Å². The van der Waals surface area contributed by atoms with Crippen molar-refractivity contribution >= 4 is 5.91 Å². The number of furan rings is 1. The first kappa shape index (κ1) is 18.2. The average Bonchev–Trinajstić information content (AvgIpc) is 3.13. The molecule has 2 aromatic heterocycles. The van der Waals surface area contributed by atoms with Gasteiger partial charge in [0, 0.05) is 31.5 Å². The lowest BCUT2D eigenvalue weighted by atomic mass is 9.92. The first-order valence-electron chi connectivity index (χ1n) is 9.56. The fraction of sp³-hybridized carbons (Fsp3) is 0.318. The average molecular weight is 377 g/mol. The molecule has 144 valence electrons. The summed E-state index contributed by atoms with van der Waals surface area (Å²) in [5.74, 6) is 1.33. The molecule has 1 aliphatic rings. The fourth-order valence-electron chi connectivity index (χ4n) is 3.84. The summed E-state index contributed by atoms with van der Waals surface area (Å²) in [6.07, 6.45) is 3.10. The minimum absolute atomic E-state index is 0.0613. The zero-order chi connectivity index (χ0) is 19.5. The van der Waals surface area contributed by atoms with Crippen molar-refractivity contribution < 1.29 is 9.21 Å². The van der Waals surface area contributed by atoms with Gasteiger partial charge in [-0.25, -0.2) is 4.98 Å². The van der Waals surface area contributed by atoms with E-state index in [2.05, 4.69) is 9.97 Å². The zero-order valence-electron chi connectivity index (χ0n) is 15.9. The molecule has 3 aromatic rings. The Bertz CT molecular complexity index is 1010. The lowest BCUT2D eigenvalue weighted by Gasteiger charge is -2.23. The second-order valence-corrected chi connectivity index (χ2v) is 7.14. The van der Waals surface area contributed by atoms with E-state index in [9.17, 15) is 9.59 Å². The number of aromatic nitrogens is 2. The Kier molecular flexibility index (Phi) is 5.10. The number of carbonyl (C=O) groups is 1. The molecular weight excluding hydrogens is 354 g/mol. The van der Waals surface area contributed by atoms with E-state index in [1.165, 1.54) is 0 Å². The maximum atomic E-state index is 13.1. The summed E-state index contributed by atoms with van der Waals surface area (Å²) in [5.41, 5.74) is 2.47. The molecule has 1 atom stereocenters. The van der Waals surface area contributed by atoms with Gasteiger partial charge < -0.3 is 14.3 Å². The highest BCUT2D eigenvalue weighted by Crippen LogP contribution is 2.29. The lowest BCUT2D eigenvalue weighted by Crippen LogP contribution is -2.34. The van der Waals surface area contributed by atoms with E-state index < -0.39 is 0 Å². The number of H-pyrrole nitrogens is 1. The van der Waals surface area contributed by atoms with Gasteiger partial charge in [-0.3, -0.25) is 9.59 Å². The number of benzene rings is 1. The standard InChI is InChI=1S/C22H23N3O3/c1-15-23-19-10-12-25(11-9-17(19)22(27)24-15)21(26)14-18(20-8-5-13-28-20)16-6-3-2-4-7-16/h2-8,13,18H,9-12,14H2,1H3,(H,23,24,27)/t18-/m1/s1. The molecule has 28 heavy (non-hydrogen) atoms. The third kappa shape index (κ3) is 3.76. The highest BCUT2D eigenvalue weighted by Gasteiger charge is 2.26. The van der Waals surface area contributed by atoms with Gasteiger partial charge in [-0.1, -0.05) is 30.3 Å². The number of nitrogens with one attached hydrogen (secondary N) is 1. The van der Waals surface area contributed by atoms with E-state index >= 15 is 0 Å². The number of aryl methyl sites for hydroxylation is 1. The van der Waals surface area contributed by atoms with Crippen molar-refractivity contribution in [3.05, 3.63) is 87.5 Å². The SMILES string of the molecule is Cc1nc2c(c(=O)[nH]1)CCN(C(=O)C[C@H](c1ccccc1)c1ccco1)CC2. The van der Waals surface area contributed by atoms with E-state index in [0.29, 0.717) is 43.7 Å². The second-order valence-electron chi connectivity index (χ2n) is 7.14. The largest absolute Gasteiger partial charge is 0.469 e. The quantitative estimate of drug-likeness (QED) is 0.758. The van der Waals surface area contributed by atoms with Crippen LogP contribution in [0, 0.1) is 6.92 Å². The molecule has 1 N–H and O–H groups in total. The minimum Gasteiger partial charge on any atom is -0.469 e. The van der Waals surface area contributed by atoms with Gasteiger partial charge in [-0.05, 0) is 31.0 Å². The molecule has 0 unspecified atom stereocenters. The van der Waals surface area contributed by atoms with Crippen LogP contribution in [-0.4, -0.2) is 33.9 Å². The third-order valence-corrected chi connectivity index (χ3v) is 5.29. The number of carbonyl (C=O) groups excluding carboxylic acids is 1. The fourth-order valence-corrected chi connectivity index (χ4v) is 3.84. The molecule has 0 saturated heterocycles. The van der Waals surface area contributed by atoms with Crippen LogP contribution < -0.4 is 5.56 Å². The van der Waals surface area contributed by atoms with Crippen molar-refractivity contribution in [2.45, 2.75) is 32.1 Å². The summed E-state index contributed by atoms with van der Waals surface area (Å²) < 4.78 is 5.62. The maximum absolute atomic E-state index is 13.1. The van der Waals surface area contributed by atoms with Crippen LogP contribution in [0.25, 0.3) is 0 Å². The number of nitrogens with zero attached hydrogens (tertiary/aromatic N) is 2. The van der Waals surface area contributed by atoms with Crippen molar-refractivity contribution in [2.24, 2.45) is 0 Å². The Balaban J connectivity index is 1.53. The van der Waals surface area contributed by atoms with Crippen LogP contribution in [0.5, 0.6) is 0 Å². The van der Waals surface area contributed by atoms with Crippen LogP contribution >= 0.6 is 0 Å². The highest BCUT2D eigenvalue weighted by molar-refractivity contribution is 5.77. The van der Waals surface area contributed by atoms with Crippen molar-refractivity contribution in [1.82, 2.24) is 14.9 Å². The molecule has 0 spiro atoms. The van der Waals surface area contributed by atoms with E-state index in [1.54, 1.807) is 13.2 Å². The highest BCUT2D eigenvalue weighted by atomic mass is 16.3. The van der Waals surface area contributed by atoms with Crippen LogP contribution in [-0.2, 0) is 17.6 Å². The van der Waals surface area contributed by atoms with Crippen LogP contribution in [0.15, 0.2) is 57.9 Å². The molecule has 0 bridgehead atoms. The molecule has 4 rings (SSSR count). The Labute approximate surface area is 163 Å². The first-order valence-corrected chi connectivity index (χ1v) is 9.56. The van der Waals surface area contributed by atoms with Gasteiger partial charge in [-0.15, -0.1) is 0 Å². The molecule has 0 fully saturated rings. The molecule has 0 aliphatic carbocycles. The summed E-state index contributed by atoms with van der Waals surface area (Å²) in [7, 11) is 0. The summed E-state index contributed by atoms with van der Waals surface area (Å²) >= 11 is 0. The van der Waals surface area contributed by atoms with Crippen molar-refractivity contribution in [1.29, 1.82) is 0 Å². The van der Waals surface area contributed by atoms with Gasteiger partial charge in [0.05, 0.1) is 17.9 Å². The second kappa shape index (κ2) is 7.84. The summed E-state index contributed by atoms with van der Waals surface area (Å²) in [5, 5.41) is 0. The monoisotopic (exact) mass is 377 g/mol. The van der Waals surface area contributed by atoms with Crippen LogP contribution in [0.1, 0.15) is 40.7 Å². The Morgan fingerprint density at radius 3 is 2.71 bits per heavy atom. The van der Waals surface area contributed by atoms with E-state index in [-0.39, 0.29) is 17.4 Å². The Hall–Kier alpha value is -3.15. The van der Waals surface area contributed by atoms with Crippen molar-refractivity contribution in [2.75, 3.05) is 13.1 Å². The molecule has 3 heterocycles. The number of hydrogen-bond acceptors (Lipinski definition) is 4. The summed E-state index contributed by atoms with van der Waals surface area (Å²) in [6, 6.07) is 13.7. The molecule has 1 aliphatic heterocycles. The first-order chi connectivity index (χ1) is 13.6. The molecule has 6 heteroatoms. The number of hydrogen-bond donors (Lipinski definition) is 1. The zero-order valence-corrected chi connectivity index (χ0v) is 15.9. The normalized spacial score (nSPS) is 15.0. The molecule has 0 radical (unpaired) electrons. The Morgan fingerprint density at radius 2 is 1.96 bits per heavy atom. The molecular formula is C22H23N3O3. The van der Waals surface area contributed by atoms with Crippen LogP contribution in [0.3, 0.4) is 0 Å². The maximum Gasteiger partial charge on any atom is 0.254 e. The van der Waals surface area contributed by atoms with Crippen molar-refractivity contribution in [3.8, 4) is 0 Å². The topological polar surface area (TPSA) is 79.2 Å². The third-order valence-electron chi connectivity index (χ3n) is 5.29. The number of aromatic amines is 1. The summed E-state index contributed by atoms with van der Waals surface area (Å²) in [6.45, 7) is 2.88. The minimum atomic E-state index is -0.127. The van der Waals surface area contributed by atoms with Crippen molar-refractivity contribution in [3.63, 3.8) is 0 Å². The van der Waals surface area contributed by atoms with E-state index in [0.717, 1.165) is 17.0 Å². The predicted octanol–water partition coefficient (Wildman–Crippen LogP) is 2.82. The van der Waals surface area contributed by atoms with Gasteiger partial charge in [0.15, 0.2) is 0 Å². The molecule has 1 aromatic carbocycles. The van der Waals surface area contributed by atoms with Gasteiger partial charge in [-0.2, -0.15) is 0 Å². The smallest absolute Gasteiger partial charge is 0.254 e. The van der Waals surface area contributed by atoms with E-state index in [4.69, 9.17) is 4.42 Å². The predicted molar refractivity (Wildman–Crippen MR) is 105 cm³/mol. The number of amides is 1. The van der Waals surface area contributed by atoms with Gasteiger partial charge >= 0.3 is 0 Å². The van der Waals surface area contributed by atoms with Crippen LogP contribution in [0.2, 0.25) is 0 Å². The molecule has 1 amide bonds.